The summed E-state index contributed by atoms with van der Waals surface area (Å²) in [6.45, 7) is 7.24. The molecule has 0 aromatic rings. The Bertz CT molecular complexity index is 227. The lowest BCUT2D eigenvalue weighted by molar-refractivity contribution is 0.0851. The van der Waals surface area contributed by atoms with Gasteiger partial charge in [-0.25, -0.2) is 0 Å². The fraction of sp³-hybridized carbons (Fsp3) is 1.00. The first-order chi connectivity index (χ1) is 8.19. The van der Waals surface area contributed by atoms with Crippen LogP contribution in [0.5, 0.6) is 0 Å². The van der Waals surface area contributed by atoms with E-state index in [4.69, 9.17) is 0 Å². The molecule has 100 valence electrons. The van der Waals surface area contributed by atoms with Crippen molar-refractivity contribution in [3.63, 3.8) is 0 Å². The first kappa shape index (κ1) is 13.4. The van der Waals surface area contributed by atoms with Crippen LogP contribution in [0.15, 0.2) is 0 Å². The van der Waals surface area contributed by atoms with E-state index < -0.39 is 0 Å². The van der Waals surface area contributed by atoms with Gasteiger partial charge in [-0.3, -0.25) is 0 Å². The molecule has 0 bridgehead atoms. The van der Waals surface area contributed by atoms with Gasteiger partial charge in [-0.15, -0.1) is 0 Å². The third-order valence-corrected chi connectivity index (χ3v) is 5.13. The number of nitrogens with zero attached hydrogens (tertiary/aromatic N) is 1. The Morgan fingerprint density at radius 3 is 2.18 bits per heavy atom. The number of hydrogen-bond donors (Lipinski definition) is 1. The molecule has 2 heteroatoms. The van der Waals surface area contributed by atoms with Crippen molar-refractivity contribution in [3.8, 4) is 0 Å². The van der Waals surface area contributed by atoms with Crippen LogP contribution in [0.1, 0.15) is 58.8 Å². The van der Waals surface area contributed by atoms with Crippen LogP contribution in [0.3, 0.4) is 0 Å². The van der Waals surface area contributed by atoms with Gasteiger partial charge in [0.25, 0.3) is 0 Å². The molecule has 2 rings (SSSR count). The molecule has 0 atom stereocenters. The molecular weight excluding hydrogens is 208 g/mol. The van der Waals surface area contributed by atoms with Gasteiger partial charge in [0.2, 0.25) is 0 Å². The van der Waals surface area contributed by atoms with Crippen LogP contribution in [-0.4, -0.2) is 37.1 Å². The molecule has 17 heavy (non-hydrogen) atoms. The topological polar surface area (TPSA) is 15.3 Å². The normalized spacial score (nSPS) is 21.9. The Balaban J connectivity index is 1.83. The number of rotatable bonds is 8. The molecule has 0 aromatic heterocycles. The second-order valence-electron chi connectivity index (χ2n) is 6.36. The monoisotopic (exact) mass is 238 g/mol. The minimum absolute atomic E-state index is 0.507. The van der Waals surface area contributed by atoms with E-state index in [-0.39, 0.29) is 0 Å². The predicted molar refractivity (Wildman–Crippen MR) is 74.3 cm³/mol. The summed E-state index contributed by atoms with van der Waals surface area (Å²) in [5.41, 5.74) is 0.507. The minimum Gasteiger partial charge on any atom is -0.313 e. The highest BCUT2D eigenvalue weighted by atomic mass is 15.1. The predicted octanol–water partition coefficient (Wildman–Crippen LogP) is 3.03. The van der Waals surface area contributed by atoms with Crippen LogP contribution in [0.2, 0.25) is 0 Å². The molecule has 0 aliphatic heterocycles. The van der Waals surface area contributed by atoms with Crippen LogP contribution in [0.4, 0.5) is 0 Å². The summed E-state index contributed by atoms with van der Waals surface area (Å²) >= 11 is 0. The molecule has 0 spiro atoms. The maximum atomic E-state index is 3.75. The van der Waals surface area contributed by atoms with Crippen molar-refractivity contribution in [2.24, 2.45) is 5.41 Å². The zero-order valence-corrected chi connectivity index (χ0v) is 12.0. The molecular formula is C15H30N2. The second-order valence-corrected chi connectivity index (χ2v) is 6.36. The Labute approximate surface area is 107 Å². The highest BCUT2D eigenvalue weighted by molar-refractivity contribution is 4.90. The van der Waals surface area contributed by atoms with E-state index in [1.807, 2.05) is 0 Å². The Hall–Kier alpha value is -0.0800. The molecule has 2 aliphatic rings. The molecule has 0 radical (unpaired) electrons. The molecule has 0 aromatic carbocycles. The van der Waals surface area contributed by atoms with Gasteiger partial charge in [-0.1, -0.05) is 20.3 Å². The van der Waals surface area contributed by atoms with Crippen LogP contribution < -0.4 is 5.32 Å². The van der Waals surface area contributed by atoms with Gasteiger partial charge in [0, 0.05) is 25.2 Å². The van der Waals surface area contributed by atoms with Crippen molar-refractivity contribution >= 4 is 0 Å². The summed E-state index contributed by atoms with van der Waals surface area (Å²) < 4.78 is 0. The van der Waals surface area contributed by atoms with Gasteiger partial charge in [0.1, 0.15) is 0 Å². The van der Waals surface area contributed by atoms with Crippen molar-refractivity contribution < 1.29 is 0 Å². The quantitative estimate of drug-likeness (QED) is 0.699. The highest BCUT2D eigenvalue weighted by Gasteiger charge is 2.33. The average molecular weight is 238 g/mol. The van der Waals surface area contributed by atoms with Crippen molar-refractivity contribution in [2.45, 2.75) is 70.9 Å². The largest absolute Gasteiger partial charge is 0.313 e. The van der Waals surface area contributed by atoms with E-state index in [1.54, 1.807) is 0 Å². The maximum absolute atomic E-state index is 3.75. The standard InChI is InChI=1S/C15H30N2/c1-4-15(5-2,11-16-13-9-10-13)12-17(3)14-7-6-8-14/h13-14,16H,4-12H2,1-3H3. The molecule has 0 amide bonds. The van der Waals surface area contributed by atoms with Crippen LogP contribution in [0, 0.1) is 5.41 Å². The summed E-state index contributed by atoms with van der Waals surface area (Å²) in [7, 11) is 2.33. The van der Waals surface area contributed by atoms with Crippen molar-refractivity contribution in [3.05, 3.63) is 0 Å². The van der Waals surface area contributed by atoms with Gasteiger partial charge in [0.15, 0.2) is 0 Å². The Morgan fingerprint density at radius 1 is 1.12 bits per heavy atom. The SMILES string of the molecule is CCC(CC)(CNC1CC1)CN(C)C1CCC1. The van der Waals surface area contributed by atoms with Crippen LogP contribution in [0.25, 0.3) is 0 Å². The third kappa shape index (κ3) is 3.45. The van der Waals surface area contributed by atoms with Crippen LogP contribution in [-0.2, 0) is 0 Å². The lowest BCUT2D eigenvalue weighted by Crippen LogP contribution is -2.47. The van der Waals surface area contributed by atoms with E-state index in [2.05, 4.69) is 31.1 Å². The highest BCUT2D eigenvalue weighted by Crippen LogP contribution is 2.32. The van der Waals surface area contributed by atoms with Gasteiger partial charge in [0.05, 0.1) is 0 Å². The summed E-state index contributed by atoms with van der Waals surface area (Å²) in [6, 6.07) is 1.73. The molecule has 0 heterocycles. The smallest absolute Gasteiger partial charge is 0.00924 e. The maximum Gasteiger partial charge on any atom is 0.00924 e. The summed E-state index contributed by atoms with van der Waals surface area (Å²) in [4.78, 5) is 2.63. The van der Waals surface area contributed by atoms with E-state index in [1.165, 1.54) is 58.0 Å². The lowest BCUT2D eigenvalue weighted by Gasteiger charge is -2.42. The second kappa shape index (κ2) is 5.71. The third-order valence-electron chi connectivity index (χ3n) is 5.13. The van der Waals surface area contributed by atoms with Crippen molar-refractivity contribution in [1.82, 2.24) is 10.2 Å². The number of hydrogen-bond acceptors (Lipinski definition) is 2. The minimum atomic E-state index is 0.507. The van der Waals surface area contributed by atoms with Crippen molar-refractivity contribution in [1.29, 1.82) is 0 Å². The Kier molecular flexibility index (Phi) is 4.48. The molecule has 0 saturated heterocycles. The van der Waals surface area contributed by atoms with Crippen molar-refractivity contribution in [2.75, 3.05) is 20.1 Å². The van der Waals surface area contributed by atoms with E-state index in [0.717, 1.165) is 12.1 Å². The van der Waals surface area contributed by atoms with Gasteiger partial charge < -0.3 is 10.2 Å². The zero-order chi connectivity index (χ0) is 12.3. The fourth-order valence-corrected chi connectivity index (χ4v) is 2.91. The van der Waals surface area contributed by atoms with Gasteiger partial charge in [-0.2, -0.15) is 0 Å². The first-order valence-electron chi connectivity index (χ1n) is 7.63. The molecule has 2 aliphatic carbocycles. The summed E-state index contributed by atoms with van der Waals surface area (Å²) in [5, 5.41) is 3.75. The van der Waals surface area contributed by atoms with E-state index >= 15 is 0 Å². The number of nitrogens with one attached hydrogen (secondary N) is 1. The van der Waals surface area contributed by atoms with Crippen LogP contribution >= 0.6 is 0 Å². The lowest BCUT2D eigenvalue weighted by atomic mass is 9.80. The molecule has 0 unspecified atom stereocenters. The summed E-state index contributed by atoms with van der Waals surface area (Å²) in [5.74, 6) is 0. The van der Waals surface area contributed by atoms with E-state index in [9.17, 15) is 0 Å². The summed E-state index contributed by atoms with van der Waals surface area (Å²) in [6.07, 6.45) is 9.72. The average Bonchev–Trinajstić information content (AvgIpc) is 3.05. The van der Waals surface area contributed by atoms with E-state index in [0.29, 0.717) is 5.41 Å². The first-order valence-corrected chi connectivity index (χ1v) is 7.63. The zero-order valence-electron chi connectivity index (χ0n) is 12.0. The molecule has 2 saturated carbocycles. The molecule has 2 nitrogen and oxygen atoms in total. The van der Waals surface area contributed by atoms with Gasteiger partial charge in [-0.05, 0) is 51.0 Å². The van der Waals surface area contributed by atoms with Gasteiger partial charge >= 0.3 is 0 Å². The molecule has 1 N–H and O–H groups in total. The fourth-order valence-electron chi connectivity index (χ4n) is 2.91. The Morgan fingerprint density at radius 2 is 1.76 bits per heavy atom. The molecule has 2 fully saturated rings.